The van der Waals surface area contributed by atoms with E-state index in [1.807, 2.05) is 36.0 Å². The molecule has 1 fully saturated rings. The summed E-state index contributed by atoms with van der Waals surface area (Å²) in [5.41, 5.74) is 7.51. The van der Waals surface area contributed by atoms with Crippen LogP contribution in [0, 0.1) is 0 Å². The molecule has 1 aromatic carbocycles. The van der Waals surface area contributed by atoms with Gasteiger partial charge in [0.2, 0.25) is 0 Å². The van der Waals surface area contributed by atoms with E-state index in [1.54, 1.807) is 0 Å². The van der Waals surface area contributed by atoms with Crippen LogP contribution in [0.4, 0.5) is 0 Å². The monoisotopic (exact) mass is 241 g/mol. The molecule has 3 heteroatoms. The maximum absolute atomic E-state index is 6.32. The van der Waals surface area contributed by atoms with Crippen molar-refractivity contribution < 1.29 is 0 Å². The highest BCUT2D eigenvalue weighted by Crippen LogP contribution is 2.45. The van der Waals surface area contributed by atoms with Gasteiger partial charge in [-0.15, -0.1) is 0 Å². The van der Waals surface area contributed by atoms with Crippen molar-refractivity contribution in [2.45, 2.75) is 30.6 Å². The largest absolute Gasteiger partial charge is 0.323 e. The van der Waals surface area contributed by atoms with E-state index in [9.17, 15) is 0 Å². The molecule has 0 saturated carbocycles. The van der Waals surface area contributed by atoms with E-state index in [1.165, 1.54) is 24.2 Å². The zero-order valence-corrected chi connectivity index (χ0v) is 10.4. The molecule has 0 radical (unpaired) electrons. The van der Waals surface area contributed by atoms with Gasteiger partial charge in [-0.2, -0.15) is 11.8 Å². The molecule has 1 nitrogen and oxygen atoms in total. The van der Waals surface area contributed by atoms with Crippen LogP contribution in [0.3, 0.4) is 0 Å². The summed E-state index contributed by atoms with van der Waals surface area (Å²) in [4.78, 5) is 0. The molecule has 0 aliphatic carbocycles. The standard InChI is InChI=1S/C12H16ClNS/c1-12(7-2-8-15-12)11(14)9-3-5-10(13)6-4-9/h3-6,11H,2,7-8,14H2,1H3. The van der Waals surface area contributed by atoms with Gasteiger partial charge in [-0.25, -0.2) is 0 Å². The highest BCUT2D eigenvalue weighted by Gasteiger charge is 2.36. The minimum absolute atomic E-state index is 0.113. The van der Waals surface area contributed by atoms with Gasteiger partial charge >= 0.3 is 0 Å². The maximum Gasteiger partial charge on any atom is 0.0441 e. The van der Waals surface area contributed by atoms with Crippen molar-refractivity contribution >= 4 is 23.4 Å². The Morgan fingerprint density at radius 3 is 2.60 bits per heavy atom. The van der Waals surface area contributed by atoms with Crippen molar-refractivity contribution in [3.63, 3.8) is 0 Å². The SMILES string of the molecule is CC1(C(N)c2ccc(Cl)cc2)CCCS1. The fraction of sp³-hybridized carbons (Fsp3) is 0.500. The van der Waals surface area contributed by atoms with Crippen LogP contribution in [0.15, 0.2) is 24.3 Å². The van der Waals surface area contributed by atoms with Crippen molar-refractivity contribution in [2.75, 3.05) is 5.75 Å². The van der Waals surface area contributed by atoms with Crippen molar-refractivity contribution in [1.29, 1.82) is 0 Å². The summed E-state index contributed by atoms with van der Waals surface area (Å²) in [6, 6.07) is 8.02. The predicted octanol–water partition coefficient (Wildman–Crippen LogP) is 3.63. The fourth-order valence-corrected chi connectivity index (χ4v) is 3.55. The zero-order valence-electron chi connectivity index (χ0n) is 8.87. The highest BCUT2D eigenvalue weighted by molar-refractivity contribution is 8.00. The van der Waals surface area contributed by atoms with Crippen LogP contribution in [-0.2, 0) is 0 Å². The molecule has 1 heterocycles. The minimum atomic E-state index is 0.113. The van der Waals surface area contributed by atoms with Crippen LogP contribution in [0.25, 0.3) is 0 Å². The van der Waals surface area contributed by atoms with Crippen molar-refractivity contribution in [3.05, 3.63) is 34.9 Å². The third-order valence-corrected chi connectivity index (χ3v) is 5.00. The molecule has 1 saturated heterocycles. The Morgan fingerprint density at radius 1 is 1.40 bits per heavy atom. The molecule has 2 rings (SSSR count). The molecule has 0 aromatic heterocycles. The first-order valence-electron chi connectivity index (χ1n) is 5.27. The lowest BCUT2D eigenvalue weighted by Gasteiger charge is -2.30. The van der Waals surface area contributed by atoms with E-state index in [-0.39, 0.29) is 10.8 Å². The molecule has 1 aliphatic heterocycles. The van der Waals surface area contributed by atoms with E-state index < -0.39 is 0 Å². The molecule has 0 spiro atoms. The number of hydrogen-bond donors (Lipinski definition) is 1. The average molecular weight is 242 g/mol. The fourth-order valence-electron chi connectivity index (χ4n) is 2.07. The van der Waals surface area contributed by atoms with Crippen LogP contribution < -0.4 is 5.73 Å². The normalized spacial score (nSPS) is 27.9. The quantitative estimate of drug-likeness (QED) is 0.856. The van der Waals surface area contributed by atoms with Gasteiger partial charge < -0.3 is 5.73 Å². The second-order valence-electron chi connectivity index (χ2n) is 4.29. The molecule has 82 valence electrons. The van der Waals surface area contributed by atoms with E-state index in [0.717, 1.165) is 5.02 Å². The molecular formula is C12H16ClNS. The van der Waals surface area contributed by atoms with E-state index in [4.69, 9.17) is 17.3 Å². The summed E-state index contributed by atoms with van der Waals surface area (Å²) in [6.07, 6.45) is 2.49. The first-order valence-corrected chi connectivity index (χ1v) is 6.63. The lowest BCUT2D eigenvalue weighted by Crippen LogP contribution is -2.32. The van der Waals surface area contributed by atoms with Crippen LogP contribution in [-0.4, -0.2) is 10.5 Å². The molecule has 1 aliphatic rings. The smallest absolute Gasteiger partial charge is 0.0441 e. The Morgan fingerprint density at radius 2 is 2.07 bits per heavy atom. The molecule has 1 aromatic rings. The summed E-state index contributed by atoms with van der Waals surface area (Å²) >= 11 is 7.86. The number of rotatable bonds is 2. The predicted molar refractivity (Wildman–Crippen MR) is 68.5 cm³/mol. The Labute approximate surface area is 100 Å². The van der Waals surface area contributed by atoms with Crippen molar-refractivity contribution in [3.8, 4) is 0 Å². The van der Waals surface area contributed by atoms with Crippen LogP contribution in [0.2, 0.25) is 5.02 Å². The average Bonchev–Trinajstić information content (AvgIpc) is 2.67. The Hall–Kier alpha value is -0.180. The first-order chi connectivity index (χ1) is 7.12. The van der Waals surface area contributed by atoms with Gasteiger partial charge in [0.1, 0.15) is 0 Å². The van der Waals surface area contributed by atoms with Gasteiger partial charge in [0.15, 0.2) is 0 Å². The summed E-state index contributed by atoms with van der Waals surface area (Å²) in [7, 11) is 0. The van der Waals surface area contributed by atoms with Gasteiger partial charge in [-0.3, -0.25) is 0 Å². The van der Waals surface area contributed by atoms with Gasteiger partial charge in [0.25, 0.3) is 0 Å². The summed E-state index contributed by atoms with van der Waals surface area (Å²) in [5, 5.41) is 0.773. The number of benzene rings is 1. The summed E-state index contributed by atoms with van der Waals surface area (Å²) < 4.78 is 0.202. The number of hydrogen-bond acceptors (Lipinski definition) is 2. The maximum atomic E-state index is 6.32. The Balaban J connectivity index is 2.19. The molecule has 2 N–H and O–H groups in total. The van der Waals surface area contributed by atoms with E-state index in [2.05, 4.69) is 6.92 Å². The number of halogens is 1. The second kappa shape index (κ2) is 4.36. The second-order valence-corrected chi connectivity index (χ2v) is 6.36. The van der Waals surface area contributed by atoms with Crippen LogP contribution in [0.1, 0.15) is 31.4 Å². The summed E-state index contributed by atoms with van der Waals surface area (Å²) in [6.45, 7) is 2.27. The van der Waals surface area contributed by atoms with Crippen molar-refractivity contribution in [1.82, 2.24) is 0 Å². The van der Waals surface area contributed by atoms with E-state index >= 15 is 0 Å². The van der Waals surface area contributed by atoms with Crippen LogP contribution in [0.5, 0.6) is 0 Å². The van der Waals surface area contributed by atoms with E-state index in [0.29, 0.717) is 0 Å². The summed E-state index contributed by atoms with van der Waals surface area (Å²) in [5.74, 6) is 1.23. The Bertz CT molecular complexity index is 330. The molecular weight excluding hydrogens is 226 g/mol. The topological polar surface area (TPSA) is 26.0 Å². The minimum Gasteiger partial charge on any atom is -0.323 e. The highest BCUT2D eigenvalue weighted by atomic mass is 35.5. The molecule has 0 bridgehead atoms. The van der Waals surface area contributed by atoms with Gasteiger partial charge in [0.05, 0.1) is 0 Å². The van der Waals surface area contributed by atoms with Crippen LogP contribution >= 0.6 is 23.4 Å². The lowest BCUT2D eigenvalue weighted by molar-refractivity contribution is 0.502. The first kappa shape index (κ1) is 11.3. The van der Waals surface area contributed by atoms with Gasteiger partial charge in [0, 0.05) is 15.8 Å². The van der Waals surface area contributed by atoms with Crippen molar-refractivity contribution in [2.24, 2.45) is 5.73 Å². The third kappa shape index (κ3) is 2.32. The molecule has 2 atom stereocenters. The molecule has 15 heavy (non-hydrogen) atoms. The third-order valence-electron chi connectivity index (χ3n) is 3.14. The zero-order chi connectivity index (χ0) is 10.9. The van der Waals surface area contributed by atoms with Gasteiger partial charge in [-0.1, -0.05) is 23.7 Å². The van der Waals surface area contributed by atoms with Gasteiger partial charge in [-0.05, 0) is 43.2 Å². The molecule has 0 amide bonds. The lowest BCUT2D eigenvalue weighted by atomic mass is 9.91. The Kier molecular flexibility index (Phi) is 3.29. The molecule has 2 unspecified atom stereocenters. The number of nitrogens with two attached hydrogens (primary N) is 1. The number of thioether (sulfide) groups is 1.